The number of piperazine rings is 1. The van der Waals surface area contributed by atoms with Crippen LogP contribution in [0.4, 0.5) is 11.6 Å². The lowest BCUT2D eigenvalue weighted by atomic mass is 10.2. The second kappa shape index (κ2) is 8.31. The molecule has 0 saturated carbocycles. The van der Waals surface area contributed by atoms with Crippen LogP contribution in [0.3, 0.4) is 0 Å². The highest BCUT2D eigenvalue weighted by Crippen LogP contribution is 2.19. The quantitative estimate of drug-likeness (QED) is 0.847. The van der Waals surface area contributed by atoms with Crippen molar-refractivity contribution >= 4 is 17.5 Å². The van der Waals surface area contributed by atoms with E-state index in [0.29, 0.717) is 6.42 Å². The Morgan fingerprint density at radius 1 is 0.875 bits per heavy atom. The normalized spacial score (nSPS) is 19.3. The second-order valence-corrected chi connectivity index (χ2v) is 6.77. The van der Waals surface area contributed by atoms with E-state index in [-0.39, 0.29) is 5.91 Å². The monoisotopic (exact) mass is 331 g/mol. The fourth-order valence-electron chi connectivity index (χ4n) is 3.51. The van der Waals surface area contributed by atoms with Gasteiger partial charge in [-0.1, -0.05) is 19.8 Å². The zero-order valence-corrected chi connectivity index (χ0v) is 14.8. The van der Waals surface area contributed by atoms with Crippen molar-refractivity contribution in [1.29, 1.82) is 0 Å². The van der Waals surface area contributed by atoms with E-state index in [2.05, 4.69) is 39.1 Å². The highest BCUT2D eigenvalue weighted by Gasteiger charge is 2.21. The minimum Gasteiger partial charge on any atom is -0.355 e. The Hall–Kier alpha value is -1.85. The minimum atomic E-state index is 0.278. The van der Waals surface area contributed by atoms with Crippen LogP contribution < -0.4 is 9.80 Å². The zero-order valence-electron chi connectivity index (χ0n) is 14.8. The molecular formula is C18H29N5O. The Morgan fingerprint density at radius 3 is 1.92 bits per heavy atom. The highest BCUT2D eigenvalue weighted by molar-refractivity contribution is 5.76. The number of hydrogen-bond acceptors (Lipinski definition) is 5. The van der Waals surface area contributed by atoms with Gasteiger partial charge in [-0.3, -0.25) is 4.79 Å². The predicted octanol–water partition coefficient (Wildman–Crippen LogP) is 2.31. The molecule has 2 fully saturated rings. The van der Waals surface area contributed by atoms with Crippen LogP contribution in [-0.2, 0) is 4.79 Å². The van der Waals surface area contributed by atoms with Crippen molar-refractivity contribution in [3.8, 4) is 0 Å². The molecule has 3 rings (SSSR count). The maximum Gasteiger partial charge on any atom is 0.222 e. The standard InChI is InChI=1S/C18H29N5O/c1-2-7-18(24)23-14-12-22(13-15-23)17-9-8-16(19-20-17)21-10-5-3-4-6-11-21/h8-9H,2-7,10-15H2,1H3. The Morgan fingerprint density at radius 2 is 1.42 bits per heavy atom. The molecule has 1 aromatic heterocycles. The number of anilines is 2. The molecule has 1 aromatic rings. The van der Waals surface area contributed by atoms with Gasteiger partial charge in [0.05, 0.1) is 0 Å². The molecular weight excluding hydrogens is 302 g/mol. The highest BCUT2D eigenvalue weighted by atomic mass is 16.2. The Kier molecular flexibility index (Phi) is 5.88. The smallest absolute Gasteiger partial charge is 0.222 e. The third-order valence-corrected chi connectivity index (χ3v) is 4.99. The molecule has 0 N–H and O–H groups in total. The Bertz CT molecular complexity index is 517. The summed E-state index contributed by atoms with van der Waals surface area (Å²) in [6.07, 6.45) is 6.72. The van der Waals surface area contributed by atoms with Crippen molar-refractivity contribution in [2.75, 3.05) is 49.1 Å². The van der Waals surface area contributed by atoms with Gasteiger partial charge in [0.2, 0.25) is 5.91 Å². The van der Waals surface area contributed by atoms with Crippen LogP contribution in [0, 0.1) is 0 Å². The molecule has 6 nitrogen and oxygen atoms in total. The van der Waals surface area contributed by atoms with Gasteiger partial charge in [0.1, 0.15) is 0 Å². The maximum atomic E-state index is 12.0. The number of amides is 1. The molecule has 1 amide bonds. The summed E-state index contributed by atoms with van der Waals surface area (Å²) in [5.41, 5.74) is 0. The van der Waals surface area contributed by atoms with E-state index in [1.807, 2.05) is 4.90 Å². The van der Waals surface area contributed by atoms with Crippen LogP contribution in [0.1, 0.15) is 45.4 Å². The summed E-state index contributed by atoms with van der Waals surface area (Å²) in [6, 6.07) is 4.18. The first-order valence-corrected chi connectivity index (χ1v) is 9.39. The third kappa shape index (κ3) is 4.16. The lowest BCUT2D eigenvalue weighted by Crippen LogP contribution is -2.49. The summed E-state index contributed by atoms with van der Waals surface area (Å²) in [5.74, 6) is 2.20. The molecule has 24 heavy (non-hydrogen) atoms. The molecule has 0 spiro atoms. The van der Waals surface area contributed by atoms with Crippen molar-refractivity contribution in [2.24, 2.45) is 0 Å². The minimum absolute atomic E-state index is 0.278. The van der Waals surface area contributed by atoms with Crippen molar-refractivity contribution in [3.63, 3.8) is 0 Å². The lowest BCUT2D eigenvalue weighted by Gasteiger charge is -2.35. The molecule has 3 heterocycles. The molecule has 0 bridgehead atoms. The van der Waals surface area contributed by atoms with Crippen LogP contribution in [0.2, 0.25) is 0 Å². The number of carbonyl (C=O) groups is 1. The molecule has 2 aliphatic rings. The molecule has 0 radical (unpaired) electrons. The molecule has 132 valence electrons. The number of rotatable bonds is 4. The molecule has 0 atom stereocenters. The average molecular weight is 331 g/mol. The summed E-state index contributed by atoms with van der Waals surface area (Å²) in [6.45, 7) is 7.48. The van der Waals surface area contributed by atoms with Gasteiger partial charge in [0, 0.05) is 45.7 Å². The Balaban J connectivity index is 1.55. The van der Waals surface area contributed by atoms with Gasteiger partial charge in [-0.25, -0.2) is 0 Å². The first kappa shape index (κ1) is 17.0. The largest absolute Gasteiger partial charge is 0.355 e. The van der Waals surface area contributed by atoms with Crippen LogP contribution in [0.5, 0.6) is 0 Å². The van der Waals surface area contributed by atoms with Gasteiger partial charge in [-0.05, 0) is 31.4 Å². The van der Waals surface area contributed by atoms with Crippen molar-refractivity contribution in [1.82, 2.24) is 15.1 Å². The molecule has 0 aliphatic carbocycles. The van der Waals surface area contributed by atoms with Crippen LogP contribution >= 0.6 is 0 Å². The van der Waals surface area contributed by atoms with E-state index in [9.17, 15) is 4.79 Å². The summed E-state index contributed by atoms with van der Waals surface area (Å²) < 4.78 is 0. The average Bonchev–Trinajstić information content (AvgIpc) is 2.92. The summed E-state index contributed by atoms with van der Waals surface area (Å²) in [4.78, 5) is 18.5. The number of carbonyl (C=O) groups excluding carboxylic acids is 1. The van der Waals surface area contributed by atoms with Crippen molar-refractivity contribution < 1.29 is 4.79 Å². The van der Waals surface area contributed by atoms with E-state index < -0.39 is 0 Å². The number of nitrogens with zero attached hydrogens (tertiary/aromatic N) is 5. The molecule has 2 aliphatic heterocycles. The van der Waals surface area contributed by atoms with Gasteiger partial charge >= 0.3 is 0 Å². The summed E-state index contributed by atoms with van der Waals surface area (Å²) in [5, 5.41) is 8.90. The van der Waals surface area contributed by atoms with Crippen LogP contribution in [0.25, 0.3) is 0 Å². The molecule has 2 saturated heterocycles. The summed E-state index contributed by atoms with van der Waals surface area (Å²) in [7, 11) is 0. The second-order valence-electron chi connectivity index (χ2n) is 6.77. The van der Waals surface area contributed by atoms with Crippen LogP contribution in [0.15, 0.2) is 12.1 Å². The van der Waals surface area contributed by atoms with Gasteiger partial charge in [0.15, 0.2) is 11.6 Å². The maximum absolute atomic E-state index is 12.0. The molecule has 0 unspecified atom stereocenters. The van der Waals surface area contributed by atoms with E-state index >= 15 is 0 Å². The van der Waals surface area contributed by atoms with Gasteiger partial charge in [-0.15, -0.1) is 10.2 Å². The first-order chi connectivity index (χ1) is 11.8. The van der Waals surface area contributed by atoms with E-state index in [0.717, 1.165) is 57.3 Å². The number of hydrogen-bond donors (Lipinski definition) is 0. The Labute approximate surface area is 144 Å². The number of aromatic nitrogens is 2. The first-order valence-electron chi connectivity index (χ1n) is 9.39. The van der Waals surface area contributed by atoms with E-state index in [1.54, 1.807) is 0 Å². The third-order valence-electron chi connectivity index (χ3n) is 4.99. The fraction of sp³-hybridized carbons (Fsp3) is 0.722. The topological polar surface area (TPSA) is 52.6 Å². The summed E-state index contributed by atoms with van der Waals surface area (Å²) >= 11 is 0. The van der Waals surface area contributed by atoms with E-state index in [4.69, 9.17) is 0 Å². The van der Waals surface area contributed by atoms with Crippen LogP contribution in [-0.4, -0.2) is 60.3 Å². The molecule has 6 heteroatoms. The van der Waals surface area contributed by atoms with Gasteiger partial charge < -0.3 is 14.7 Å². The van der Waals surface area contributed by atoms with Gasteiger partial charge in [0.25, 0.3) is 0 Å². The lowest BCUT2D eigenvalue weighted by molar-refractivity contribution is -0.131. The predicted molar refractivity (Wildman–Crippen MR) is 96.4 cm³/mol. The zero-order chi connectivity index (χ0) is 16.8. The van der Waals surface area contributed by atoms with Crippen molar-refractivity contribution in [2.45, 2.75) is 45.4 Å². The molecule has 0 aromatic carbocycles. The van der Waals surface area contributed by atoms with E-state index in [1.165, 1.54) is 25.7 Å². The van der Waals surface area contributed by atoms with Gasteiger partial charge in [-0.2, -0.15) is 0 Å². The SMILES string of the molecule is CCCC(=O)N1CCN(c2ccc(N3CCCCCC3)nn2)CC1. The van der Waals surface area contributed by atoms with Crippen molar-refractivity contribution in [3.05, 3.63) is 12.1 Å². The fourth-order valence-corrected chi connectivity index (χ4v) is 3.51.